The first-order chi connectivity index (χ1) is 15.2. The molecule has 0 radical (unpaired) electrons. The number of pyridine rings is 1. The summed E-state index contributed by atoms with van der Waals surface area (Å²) in [4.78, 5) is 13.8. The molecule has 31 heavy (non-hydrogen) atoms. The van der Waals surface area contributed by atoms with Crippen molar-refractivity contribution >= 4 is 23.3 Å². The first-order valence-corrected chi connectivity index (χ1v) is 10.5. The molecule has 0 aliphatic carbocycles. The fourth-order valence-electron chi connectivity index (χ4n) is 3.59. The Bertz CT molecular complexity index is 1140. The van der Waals surface area contributed by atoms with Gasteiger partial charge in [-0.05, 0) is 42.7 Å². The number of aromatic nitrogens is 1. The molecule has 1 aromatic heterocycles. The van der Waals surface area contributed by atoms with Crippen LogP contribution >= 0.6 is 0 Å². The van der Waals surface area contributed by atoms with Crippen LogP contribution in [0.25, 0.3) is 16.8 Å². The van der Waals surface area contributed by atoms with Crippen LogP contribution in [-0.2, 0) is 6.54 Å². The van der Waals surface area contributed by atoms with Gasteiger partial charge in [-0.25, -0.2) is 0 Å². The first-order valence-electron chi connectivity index (χ1n) is 10.5. The summed E-state index contributed by atoms with van der Waals surface area (Å²) in [5.41, 5.74) is 7.93. The van der Waals surface area contributed by atoms with Crippen molar-refractivity contribution < 1.29 is 0 Å². The van der Waals surface area contributed by atoms with Gasteiger partial charge in [0, 0.05) is 41.5 Å². The lowest BCUT2D eigenvalue weighted by molar-refractivity contribution is 0.855. The number of nitrogens with one attached hydrogen (secondary N) is 1. The maximum atomic E-state index is 4.99. The summed E-state index contributed by atoms with van der Waals surface area (Å²) in [6.07, 6.45) is 6.86. The summed E-state index contributed by atoms with van der Waals surface area (Å²) < 4.78 is 0. The predicted molar refractivity (Wildman–Crippen MR) is 131 cm³/mol. The highest BCUT2D eigenvalue weighted by atomic mass is 14.9. The standard InChI is InChI=1S/C27H26N4/c1-20(23-12-9-16-28-18-23)31-26-15-8-14-25(22-10-4-3-5-11-22)27(26)21(2)30-19-24-13-6-7-17-29-24/h3-8,10-15,17-18,30H,2,9,16,19H2,1H3. The third-order valence-electron chi connectivity index (χ3n) is 5.20. The molecule has 2 heterocycles. The molecule has 0 saturated heterocycles. The zero-order chi connectivity index (χ0) is 21.5. The third-order valence-corrected chi connectivity index (χ3v) is 5.20. The van der Waals surface area contributed by atoms with Crippen molar-refractivity contribution in [2.75, 3.05) is 6.54 Å². The summed E-state index contributed by atoms with van der Waals surface area (Å²) in [5.74, 6) is 0. The second-order valence-corrected chi connectivity index (χ2v) is 7.40. The molecular weight excluding hydrogens is 380 g/mol. The van der Waals surface area contributed by atoms with Gasteiger partial charge in [0.1, 0.15) is 0 Å². The van der Waals surface area contributed by atoms with Crippen LogP contribution < -0.4 is 5.32 Å². The van der Waals surface area contributed by atoms with E-state index in [4.69, 9.17) is 4.99 Å². The van der Waals surface area contributed by atoms with Crippen molar-refractivity contribution in [2.24, 2.45) is 9.98 Å². The van der Waals surface area contributed by atoms with Gasteiger partial charge in [0.2, 0.25) is 0 Å². The van der Waals surface area contributed by atoms with Crippen LogP contribution in [0.2, 0.25) is 0 Å². The van der Waals surface area contributed by atoms with Gasteiger partial charge >= 0.3 is 0 Å². The Balaban J connectivity index is 1.73. The van der Waals surface area contributed by atoms with Crippen molar-refractivity contribution in [2.45, 2.75) is 19.9 Å². The monoisotopic (exact) mass is 406 g/mol. The number of benzene rings is 2. The molecule has 3 aromatic rings. The summed E-state index contributed by atoms with van der Waals surface area (Å²) in [5, 5.41) is 3.45. The second kappa shape index (κ2) is 9.81. The van der Waals surface area contributed by atoms with Gasteiger partial charge in [-0.15, -0.1) is 0 Å². The lowest BCUT2D eigenvalue weighted by atomic mass is 9.96. The van der Waals surface area contributed by atoms with Crippen molar-refractivity contribution in [3.05, 3.63) is 102 Å². The molecule has 2 aromatic carbocycles. The van der Waals surface area contributed by atoms with E-state index in [0.29, 0.717) is 6.54 Å². The van der Waals surface area contributed by atoms with E-state index in [-0.39, 0.29) is 0 Å². The van der Waals surface area contributed by atoms with Crippen molar-refractivity contribution in [1.29, 1.82) is 0 Å². The Morgan fingerprint density at radius 1 is 1.03 bits per heavy atom. The van der Waals surface area contributed by atoms with Crippen LogP contribution in [0.5, 0.6) is 0 Å². The minimum absolute atomic E-state index is 0.600. The molecule has 4 rings (SSSR count). The number of hydrogen-bond donors (Lipinski definition) is 1. The van der Waals surface area contributed by atoms with Crippen molar-refractivity contribution in [3.8, 4) is 11.1 Å². The number of aliphatic imine (C=N–C) groups is 2. The van der Waals surface area contributed by atoms with E-state index in [9.17, 15) is 0 Å². The van der Waals surface area contributed by atoms with E-state index in [1.807, 2.05) is 61.7 Å². The molecule has 0 spiro atoms. The molecule has 1 aliphatic rings. The van der Waals surface area contributed by atoms with E-state index in [1.54, 1.807) is 6.20 Å². The fraction of sp³-hybridized carbons (Fsp3) is 0.148. The molecule has 4 heteroatoms. The zero-order valence-corrected chi connectivity index (χ0v) is 17.8. The van der Waals surface area contributed by atoms with Gasteiger partial charge in [-0.1, -0.05) is 61.2 Å². The van der Waals surface area contributed by atoms with Crippen LogP contribution in [0.3, 0.4) is 0 Å². The normalized spacial score (nSPS) is 13.6. The maximum absolute atomic E-state index is 4.99. The topological polar surface area (TPSA) is 49.6 Å². The maximum Gasteiger partial charge on any atom is 0.0732 e. The van der Waals surface area contributed by atoms with Gasteiger partial charge in [0.25, 0.3) is 0 Å². The fourth-order valence-corrected chi connectivity index (χ4v) is 3.59. The third kappa shape index (κ3) is 5.04. The van der Waals surface area contributed by atoms with Gasteiger partial charge in [0.05, 0.1) is 17.9 Å². The molecule has 0 fully saturated rings. The zero-order valence-electron chi connectivity index (χ0n) is 17.8. The lowest BCUT2D eigenvalue weighted by Gasteiger charge is -2.17. The first kappa shape index (κ1) is 20.5. The highest BCUT2D eigenvalue weighted by molar-refractivity contribution is 6.16. The molecule has 1 aliphatic heterocycles. The van der Waals surface area contributed by atoms with E-state index in [0.717, 1.165) is 58.0 Å². The Hall–Kier alpha value is -3.79. The summed E-state index contributed by atoms with van der Waals surface area (Å²) in [6, 6.07) is 22.5. The summed E-state index contributed by atoms with van der Waals surface area (Å²) in [7, 11) is 0. The van der Waals surface area contributed by atoms with E-state index >= 15 is 0 Å². The molecule has 0 unspecified atom stereocenters. The molecule has 0 saturated carbocycles. The Kier molecular flexibility index (Phi) is 6.48. The van der Waals surface area contributed by atoms with Crippen LogP contribution in [0.4, 0.5) is 5.69 Å². The Labute approximate surface area is 183 Å². The Morgan fingerprint density at radius 2 is 1.87 bits per heavy atom. The average molecular weight is 407 g/mol. The van der Waals surface area contributed by atoms with Gasteiger partial charge in [-0.3, -0.25) is 15.0 Å². The Morgan fingerprint density at radius 3 is 2.61 bits per heavy atom. The van der Waals surface area contributed by atoms with Crippen LogP contribution in [-0.4, -0.2) is 23.5 Å². The predicted octanol–water partition coefficient (Wildman–Crippen LogP) is 6.00. The number of allylic oxidation sites excluding steroid dienone is 1. The number of nitrogens with zero attached hydrogens (tertiary/aromatic N) is 3. The van der Waals surface area contributed by atoms with Crippen LogP contribution in [0, 0.1) is 0 Å². The molecule has 154 valence electrons. The summed E-state index contributed by atoms with van der Waals surface area (Å²) in [6.45, 7) is 7.84. The van der Waals surface area contributed by atoms with Crippen LogP contribution in [0.1, 0.15) is 24.6 Å². The van der Waals surface area contributed by atoms with Gasteiger partial charge in [-0.2, -0.15) is 0 Å². The largest absolute Gasteiger partial charge is 0.379 e. The minimum atomic E-state index is 0.600. The number of dihydropyridines is 1. The molecule has 0 amide bonds. The van der Waals surface area contributed by atoms with E-state index in [2.05, 4.69) is 46.1 Å². The quantitative estimate of drug-likeness (QED) is 0.489. The molecule has 1 N–H and O–H groups in total. The number of hydrogen-bond acceptors (Lipinski definition) is 4. The minimum Gasteiger partial charge on any atom is -0.379 e. The highest BCUT2D eigenvalue weighted by Crippen LogP contribution is 2.35. The van der Waals surface area contributed by atoms with Gasteiger partial charge < -0.3 is 5.32 Å². The SMILES string of the molecule is C=C(NCc1ccccn1)c1c(N=C(C)C2=CCCN=C2)cccc1-c1ccccc1. The number of rotatable bonds is 7. The van der Waals surface area contributed by atoms with Crippen molar-refractivity contribution in [3.63, 3.8) is 0 Å². The summed E-state index contributed by atoms with van der Waals surface area (Å²) >= 11 is 0. The van der Waals surface area contributed by atoms with E-state index in [1.165, 1.54) is 0 Å². The van der Waals surface area contributed by atoms with Crippen LogP contribution in [0.15, 0.2) is 101 Å². The van der Waals surface area contributed by atoms with E-state index < -0.39 is 0 Å². The lowest BCUT2D eigenvalue weighted by Crippen LogP contribution is -2.13. The van der Waals surface area contributed by atoms with Gasteiger partial charge in [0.15, 0.2) is 0 Å². The molecule has 0 atom stereocenters. The second-order valence-electron chi connectivity index (χ2n) is 7.40. The highest BCUT2D eigenvalue weighted by Gasteiger charge is 2.14. The van der Waals surface area contributed by atoms with Crippen molar-refractivity contribution in [1.82, 2.24) is 10.3 Å². The average Bonchev–Trinajstić information content (AvgIpc) is 2.84. The smallest absolute Gasteiger partial charge is 0.0732 e. The molecular formula is C27H26N4. The molecule has 4 nitrogen and oxygen atoms in total. The molecule has 0 bridgehead atoms.